The fourth-order valence-electron chi connectivity index (χ4n) is 1.33. The van der Waals surface area contributed by atoms with Crippen LogP contribution in [-0.4, -0.2) is 21.0 Å². The smallest absolute Gasteiger partial charge is 0.314 e. The molecular weight excluding hydrogens is 303 g/mol. The number of nitrogens with zero attached hydrogens (tertiary/aromatic N) is 4. The minimum atomic E-state index is -0.670. The van der Waals surface area contributed by atoms with Crippen molar-refractivity contribution in [2.75, 3.05) is 0 Å². The number of halogens is 2. The lowest BCUT2D eigenvalue weighted by Crippen LogP contribution is -1.98. The molecule has 0 fully saturated rings. The molecule has 8 heteroatoms. The van der Waals surface area contributed by atoms with Crippen LogP contribution in [0.5, 0.6) is 5.75 Å². The fraction of sp³-hybridized carbons (Fsp3) is 0.0833. The third-order valence-corrected chi connectivity index (χ3v) is 2.88. The molecule has 0 unspecified atom stereocenters. The largest absolute Gasteiger partial charge is 0.508 e. The van der Waals surface area contributed by atoms with Crippen molar-refractivity contribution >= 4 is 34.8 Å². The zero-order valence-electron chi connectivity index (χ0n) is 10.2. The predicted octanol–water partition coefficient (Wildman–Crippen LogP) is 3.72. The van der Waals surface area contributed by atoms with Crippen LogP contribution in [0.2, 0.25) is 10.2 Å². The minimum Gasteiger partial charge on any atom is -0.508 e. The molecule has 1 aromatic heterocycles. The number of hydrogen-bond acceptors (Lipinski definition) is 5. The molecule has 0 aliphatic carbocycles. The molecule has 0 radical (unpaired) electrons. The van der Waals surface area contributed by atoms with Crippen LogP contribution in [0.3, 0.4) is 0 Å². The summed E-state index contributed by atoms with van der Waals surface area (Å²) in [4.78, 5) is 19.1. The molecule has 2 rings (SSSR count). The van der Waals surface area contributed by atoms with Crippen LogP contribution in [0.25, 0.3) is 0 Å². The van der Waals surface area contributed by atoms with Gasteiger partial charge in [0.1, 0.15) is 28.6 Å². The Hall–Kier alpha value is -2.05. The molecule has 0 bridgehead atoms. The fourth-order valence-corrected chi connectivity index (χ4v) is 1.68. The van der Waals surface area contributed by atoms with Crippen molar-refractivity contribution in [1.82, 2.24) is 9.97 Å². The Kier molecular flexibility index (Phi) is 4.26. The standard InChI is InChI=1S/C12H8Cl2N4O2/c1-6-2-8(7(13)3-10(6)19)17-18-12(20)9-4-11(14)16-5-15-9/h2-5,19H,1H3. The lowest BCUT2D eigenvalue weighted by Gasteiger charge is -2.01. The first-order valence-corrected chi connectivity index (χ1v) is 6.15. The molecule has 1 amide bonds. The maximum absolute atomic E-state index is 11.7. The molecule has 0 saturated heterocycles. The Bertz CT molecular complexity index is 704. The zero-order valence-corrected chi connectivity index (χ0v) is 11.7. The molecule has 1 aromatic carbocycles. The van der Waals surface area contributed by atoms with Crippen molar-refractivity contribution in [3.8, 4) is 5.75 Å². The monoisotopic (exact) mass is 310 g/mol. The van der Waals surface area contributed by atoms with E-state index in [0.29, 0.717) is 5.56 Å². The number of rotatable bonds is 2. The molecular formula is C12H8Cl2N4O2. The van der Waals surface area contributed by atoms with E-state index in [1.54, 1.807) is 6.92 Å². The van der Waals surface area contributed by atoms with Gasteiger partial charge in [-0.05, 0) is 18.6 Å². The third-order valence-electron chi connectivity index (χ3n) is 2.37. The van der Waals surface area contributed by atoms with Crippen molar-refractivity contribution < 1.29 is 9.90 Å². The number of aromatic hydroxyl groups is 1. The number of phenolic OH excluding ortho intramolecular Hbond substituents is 1. The van der Waals surface area contributed by atoms with E-state index in [2.05, 4.69) is 20.2 Å². The Morgan fingerprint density at radius 1 is 1.25 bits per heavy atom. The quantitative estimate of drug-likeness (QED) is 0.676. The van der Waals surface area contributed by atoms with E-state index >= 15 is 0 Å². The zero-order chi connectivity index (χ0) is 14.7. The highest BCUT2D eigenvalue weighted by atomic mass is 35.5. The summed E-state index contributed by atoms with van der Waals surface area (Å²) in [5.41, 5.74) is 0.872. The highest BCUT2D eigenvalue weighted by molar-refractivity contribution is 6.33. The van der Waals surface area contributed by atoms with Gasteiger partial charge in [-0.3, -0.25) is 4.79 Å². The van der Waals surface area contributed by atoms with Crippen LogP contribution in [0.1, 0.15) is 16.1 Å². The van der Waals surface area contributed by atoms with Crippen LogP contribution in [0.4, 0.5) is 5.69 Å². The van der Waals surface area contributed by atoms with E-state index in [4.69, 9.17) is 23.2 Å². The highest BCUT2D eigenvalue weighted by Crippen LogP contribution is 2.31. The molecule has 0 aliphatic rings. The SMILES string of the molecule is Cc1cc(N=NC(=O)c2cc(Cl)ncn2)c(Cl)cc1O. The van der Waals surface area contributed by atoms with Crippen LogP contribution >= 0.6 is 23.2 Å². The van der Waals surface area contributed by atoms with Gasteiger partial charge in [-0.1, -0.05) is 23.2 Å². The van der Waals surface area contributed by atoms with Crippen molar-refractivity contribution in [1.29, 1.82) is 0 Å². The number of phenols is 1. The van der Waals surface area contributed by atoms with Crippen molar-refractivity contribution in [3.63, 3.8) is 0 Å². The maximum Gasteiger partial charge on any atom is 0.314 e. The van der Waals surface area contributed by atoms with E-state index in [0.717, 1.165) is 6.33 Å². The van der Waals surface area contributed by atoms with Gasteiger partial charge in [0.15, 0.2) is 0 Å². The van der Waals surface area contributed by atoms with Gasteiger partial charge in [0, 0.05) is 12.1 Å². The topological polar surface area (TPSA) is 87.8 Å². The van der Waals surface area contributed by atoms with Gasteiger partial charge in [-0.2, -0.15) is 0 Å². The number of amides is 1. The van der Waals surface area contributed by atoms with Gasteiger partial charge >= 0.3 is 5.91 Å². The highest BCUT2D eigenvalue weighted by Gasteiger charge is 2.09. The molecule has 0 atom stereocenters. The Labute approximate surface area is 124 Å². The number of hydrogen-bond donors (Lipinski definition) is 1. The van der Waals surface area contributed by atoms with E-state index in [1.807, 2.05) is 0 Å². The minimum absolute atomic E-state index is 0.0281. The summed E-state index contributed by atoms with van der Waals surface area (Å²) in [6.45, 7) is 1.68. The van der Waals surface area contributed by atoms with Gasteiger partial charge in [-0.25, -0.2) is 9.97 Å². The van der Waals surface area contributed by atoms with E-state index < -0.39 is 5.91 Å². The third kappa shape index (κ3) is 3.28. The van der Waals surface area contributed by atoms with E-state index in [1.165, 1.54) is 18.2 Å². The summed E-state index contributed by atoms with van der Waals surface area (Å²) in [6, 6.07) is 4.13. The van der Waals surface area contributed by atoms with Gasteiger partial charge in [0.2, 0.25) is 0 Å². The first-order chi connectivity index (χ1) is 9.47. The van der Waals surface area contributed by atoms with Gasteiger partial charge < -0.3 is 5.11 Å². The Morgan fingerprint density at radius 2 is 2.00 bits per heavy atom. The van der Waals surface area contributed by atoms with Crippen molar-refractivity contribution in [2.24, 2.45) is 10.2 Å². The Balaban J connectivity index is 2.26. The molecule has 0 aliphatic heterocycles. The number of carbonyl (C=O) groups is 1. The molecule has 0 spiro atoms. The second-order valence-corrected chi connectivity index (χ2v) is 4.62. The second kappa shape index (κ2) is 5.94. The lowest BCUT2D eigenvalue weighted by atomic mass is 10.2. The van der Waals surface area contributed by atoms with Gasteiger partial charge in [-0.15, -0.1) is 10.2 Å². The first kappa shape index (κ1) is 14.4. The van der Waals surface area contributed by atoms with Crippen LogP contribution < -0.4 is 0 Å². The van der Waals surface area contributed by atoms with Gasteiger partial charge in [0.05, 0.1) is 5.02 Å². The lowest BCUT2D eigenvalue weighted by molar-refractivity contribution is 0.0990. The number of carbonyl (C=O) groups excluding carboxylic acids is 1. The van der Waals surface area contributed by atoms with Crippen LogP contribution in [0.15, 0.2) is 34.8 Å². The average molecular weight is 311 g/mol. The number of azo groups is 1. The summed E-state index contributed by atoms with van der Waals surface area (Å²) in [7, 11) is 0. The first-order valence-electron chi connectivity index (χ1n) is 5.40. The van der Waals surface area contributed by atoms with Crippen LogP contribution in [-0.2, 0) is 0 Å². The molecule has 2 aromatic rings. The molecule has 20 heavy (non-hydrogen) atoms. The van der Waals surface area contributed by atoms with E-state index in [-0.39, 0.29) is 27.3 Å². The number of benzene rings is 1. The molecule has 0 saturated carbocycles. The summed E-state index contributed by atoms with van der Waals surface area (Å²) in [5.74, 6) is -0.626. The summed E-state index contributed by atoms with van der Waals surface area (Å²) in [5, 5.41) is 17.0. The molecule has 1 heterocycles. The van der Waals surface area contributed by atoms with E-state index in [9.17, 15) is 9.90 Å². The maximum atomic E-state index is 11.7. The van der Waals surface area contributed by atoms with Crippen molar-refractivity contribution in [3.05, 3.63) is 46.0 Å². The number of aryl methyl sites for hydroxylation is 1. The van der Waals surface area contributed by atoms with Gasteiger partial charge in [0.25, 0.3) is 0 Å². The van der Waals surface area contributed by atoms with Crippen molar-refractivity contribution in [2.45, 2.75) is 6.92 Å². The average Bonchev–Trinajstić information content (AvgIpc) is 2.41. The molecule has 1 N–H and O–H groups in total. The summed E-state index contributed by atoms with van der Waals surface area (Å²) >= 11 is 11.5. The number of aromatic nitrogens is 2. The Morgan fingerprint density at radius 3 is 2.70 bits per heavy atom. The predicted molar refractivity (Wildman–Crippen MR) is 73.7 cm³/mol. The molecule has 6 nitrogen and oxygen atoms in total. The normalized spacial score (nSPS) is 10.9. The summed E-state index contributed by atoms with van der Waals surface area (Å²) < 4.78 is 0. The second-order valence-electron chi connectivity index (χ2n) is 3.82. The summed E-state index contributed by atoms with van der Waals surface area (Å²) in [6.07, 6.45) is 1.16. The van der Waals surface area contributed by atoms with Crippen LogP contribution in [0, 0.1) is 6.92 Å². The molecule has 102 valence electrons.